The number of benzene rings is 7. The molecule has 0 amide bonds. The molecule has 11 aromatic rings. The van der Waals surface area contributed by atoms with Gasteiger partial charge < -0.3 is 9.13 Å². The first-order valence-corrected chi connectivity index (χ1v) is 18.0. The average molecular weight is 671 g/mol. The van der Waals surface area contributed by atoms with Crippen LogP contribution in [0, 0.1) is 17.9 Å². The second-order valence-corrected chi connectivity index (χ2v) is 14.7. The summed E-state index contributed by atoms with van der Waals surface area (Å²) in [5, 5.41) is 20.5. The van der Waals surface area contributed by atoms with Crippen LogP contribution in [-0.2, 0) is 0 Å². The third kappa shape index (κ3) is 3.46. The van der Waals surface area contributed by atoms with Crippen LogP contribution in [0.1, 0.15) is 5.56 Å². The van der Waals surface area contributed by atoms with E-state index in [0.29, 0.717) is 22.6 Å². The van der Waals surface area contributed by atoms with Crippen molar-refractivity contribution in [2.24, 2.45) is 0 Å². The number of nitriles is 1. The van der Waals surface area contributed by atoms with Crippen molar-refractivity contribution >= 4 is 112 Å². The topological polar surface area (TPSA) is 38.0 Å². The molecule has 230 valence electrons. The fourth-order valence-corrected chi connectivity index (χ4v) is 10.7. The number of rotatable bonds is 2. The van der Waals surface area contributed by atoms with Gasteiger partial charge in [0.1, 0.15) is 0 Å². The zero-order chi connectivity index (χ0) is 33.1. The third-order valence-electron chi connectivity index (χ3n) is 10.2. The molecule has 7 aromatic carbocycles. The molecule has 0 saturated carbocycles. The molecular formula is C44H22N4S2. The molecule has 6 heteroatoms. The van der Waals surface area contributed by atoms with E-state index < -0.39 is 0 Å². The average Bonchev–Trinajstić information content (AvgIpc) is 3.91. The highest BCUT2D eigenvalue weighted by Gasteiger charge is 2.24. The molecule has 0 saturated heterocycles. The number of hydrogen-bond donors (Lipinski definition) is 0. The van der Waals surface area contributed by atoms with E-state index in [9.17, 15) is 5.26 Å². The monoisotopic (exact) mass is 670 g/mol. The summed E-state index contributed by atoms with van der Waals surface area (Å²) in [6.07, 6.45) is 0. The molecule has 4 aromatic heterocycles. The zero-order valence-electron chi connectivity index (χ0n) is 26.3. The zero-order valence-corrected chi connectivity index (χ0v) is 27.9. The van der Waals surface area contributed by atoms with Crippen molar-refractivity contribution in [1.29, 1.82) is 5.26 Å². The number of para-hydroxylation sites is 2. The molecular weight excluding hydrogens is 649 g/mol. The van der Waals surface area contributed by atoms with Crippen LogP contribution in [0.3, 0.4) is 0 Å². The number of hydrogen-bond acceptors (Lipinski definition) is 3. The summed E-state index contributed by atoms with van der Waals surface area (Å²) in [6.45, 7) is 8.52. The molecule has 4 nitrogen and oxygen atoms in total. The molecule has 0 fully saturated rings. The van der Waals surface area contributed by atoms with Crippen molar-refractivity contribution in [3.05, 3.63) is 150 Å². The van der Waals surface area contributed by atoms with Crippen molar-refractivity contribution < 1.29 is 0 Å². The van der Waals surface area contributed by atoms with Gasteiger partial charge in [0.2, 0.25) is 5.69 Å². The highest BCUT2D eigenvalue weighted by Crippen LogP contribution is 2.47. The second kappa shape index (κ2) is 10.0. The summed E-state index contributed by atoms with van der Waals surface area (Å²) in [4.78, 5) is 4.12. The highest BCUT2D eigenvalue weighted by molar-refractivity contribution is 7.27. The Hall–Kier alpha value is -6.44. The van der Waals surface area contributed by atoms with Crippen molar-refractivity contribution in [2.45, 2.75) is 0 Å². The molecule has 50 heavy (non-hydrogen) atoms. The molecule has 0 aliphatic rings. The minimum Gasteiger partial charge on any atom is -0.319 e. The van der Waals surface area contributed by atoms with Gasteiger partial charge in [-0.2, -0.15) is 5.26 Å². The largest absolute Gasteiger partial charge is 0.319 e. The Morgan fingerprint density at radius 2 is 0.940 bits per heavy atom. The maximum Gasteiger partial charge on any atom is 0.230 e. The van der Waals surface area contributed by atoms with Gasteiger partial charge in [-0.15, -0.1) is 22.7 Å². The minimum atomic E-state index is 0.345. The smallest absolute Gasteiger partial charge is 0.230 e. The van der Waals surface area contributed by atoms with Gasteiger partial charge in [-0.1, -0.05) is 84.9 Å². The predicted molar refractivity (Wildman–Crippen MR) is 212 cm³/mol. The van der Waals surface area contributed by atoms with Crippen molar-refractivity contribution in [3.63, 3.8) is 0 Å². The van der Waals surface area contributed by atoms with E-state index in [0.717, 1.165) is 32.8 Å². The Morgan fingerprint density at radius 1 is 0.480 bits per heavy atom. The van der Waals surface area contributed by atoms with E-state index in [1.807, 2.05) is 46.9 Å². The Kier molecular flexibility index (Phi) is 5.52. The van der Waals surface area contributed by atoms with Crippen LogP contribution in [-0.4, -0.2) is 9.13 Å². The summed E-state index contributed by atoms with van der Waals surface area (Å²) < 4.78 is 9.33. The van der Waals surface area contributed by atoms with Gasteiger partial charge >= 0.3 is 0 Å². The summed E-state index contributed by atoms with van der Waals surface area (Å²) in [6, 6.07) is 49.2. The van der Waals surface area contributed by atoms with Gasteiger partial charge in [0.15, 0.2) is 0 Å². The summed E-state index contributed by atoms with van der Waals surface area (Å²) in [5.41, 5.74) is 6.20. The molecule has 0 atom stereocenters. The Labute approximate surface area is 293 Å². The van der Waals surface area contributed by atoms with Crippen LogP contribution in [0.25, 0.3) is 100 Å². The van der Waals surface area contributed by atoms with Crippen LogP contribution in [0.4, 0.5) is 5.69 Å². The van der Waals surface area contributed by atoms with Crippen LogP contribution in [0.2, 0.25) is 0 Å². The first-order chi connectivity index (χ1) is 24.7. The van der Waals surface area contributed by atoms with Crippen LogP contribution in [0.5, 0.6) is 0 Å². The lowest BCUT2D eigenvalue weighted by molar-refractivity contribution is 1.14. The predicted octanol–water partition coefficient (Wildman–Crippen LogP) is 13.0. The van der Waals surface area contributed by atoms with Gasteiger partial charge in [-0.25, -0.2) is 4.85 Å². The van der Waals surface area contributed by atoms with Gasteiger partial charge in [-0.3, -0.25) is 0 Å². The Bertz CT molecular complexity index is 3130. The third-order valence-corrected chi connectivity index (χ3v) is 12.6. The van der Waals surface area contributed by atoms with E-state index in [-0.39, 0.29) is 0 Å². The van der Waals surface area contributed by atoms with Gasteiger partial charge in [0.25, 0.3) is 0 Å². The van der Waals surface area contributed by atoms with E-state index in [2.05, 4.69) is 129 Å². The SMILES string of the molecule is [C-]#[N+]c1c(-n2c3ccccc3c3c4sc5ccccc5c4ccc32)ccc(-n2c3ccccc3c3c4sc5ccccc5c4ccc32)c1C#N. The summed E-state index contributed by atoms with van der Waals surface area (Å²) >= 11 is 3.62. The second-order valence-electron chi connectivity index (χ2n) is 12.6. The van der Waals surface area contributed by atoms with E-state index >= 15 is 0 Å². The van der Waals surface area contributed by atoms with Crippen LogP contribution in [0.15, 0.2) is 133 Å². The minimum absolute atomic E-state index is 0.345. The van der Waals surface area contributed by atoms with E-state index in [1.165, 1.54) is 51.1 Å². The van der Waals surface area contributed by atoms with Gasteiger partial charge in [0.05, 0.1) is 51.6 Å². The number of thiophene rings is 2. The van der Waals surface area contributed by atoms with Gasteiger partial charge in [-0.05, 0) is 48.5 Å². The number of fused-ring (bicyclic) bond motifs is 14. The van der Waals surface area contributed by atoms with Crippen LogP contribution < -0.4 is 0 Å². The molecule has 0 N–H and O–H groups in total. The summed E-state index contributed by atoms with van der Waals surface area (Å²) in [7, 11) is 0. The van der Waals surface area contributed by atoms with Crippen LogP contribution >= 0.6 is 22.7 Å². The Morgan fingerprint density at radius 3 is 1.46 bits per heavy atom. The fraction of sp³-hybridized carbons (Fsp3) is 0. The van der Waals surface area contributed by atoms with Crippen molar-refractivity contribution in [2.75, 3.05) is 0 Å². The normalized spacial score (nSPS) is 12.0. The standard InChI is InChI=1S/C44H22N4S2/c1-46-42-31(24-45)34(47-32-14-6-2-12-29(32)40-35(47)20-18-27-25-10-4-8-16-38(25)49-43(27)40)22-23-37(42)48-33-15-7-3-13-30(33)41-36(48)21-19-28-26-11-5-9-17-39(26)50-44(28)41/h2-23H. The molecule has 11 rings (SSSR count). The first-order valence-electron chi connectivity index (χ1n) is 16.4. The molecule has 0 bridgehead atoms. The highest BCUT2D eigenvalue weighted by atomic mass is 32.1. The summed E-state index contributed by atoms with van der Waals surface area (Å²) in [5.74, 6) is 0. The van der Waals surface area contributed by atoms with E-state index in [4.69, 9.17) is 6.57 Å². The lowest BCUT2D eigenvalue weighted by Crippen LogP contribution is -2.01. The first kappa shape index (κ1) is 27.5. The fourth-order valence-electron chi connectivity index (χ4n) is 8.15. The quantitative estimate of drug-likeness (QED) is 0.169. The van der Waals surface area contributed by atoms with Gasteiger partial charge in [0, 0.05) is 61.9 Å². The lowest BCUT2D eigenvalue weighted by Gasteiger charge is -2.16. The molecule has 0 aliphatic carbocycles. The molecule has 0 spiro atoms. The molecule has 0 radical (unpaired) electrons. The molecule has 0 aliphatic heterocycles. The maximum atomic E-state index is 10.9. The Balaban J connectivity index is 1.23. The van der Waals surface area contributed by atoms with Crippen molar-refractivity contribution in [1.82, 2.24) is 9.13 Å². The number of aromatic nitrogens is 2. The maximum absolute atomic E-state index is 10.9. The lowest BCUT2D eigenvalue weighted by atomic mass is 10.1. The number of nitrogens with zero attached hydrogens (tertiary/aromatic N) is 4. The van der Waals surface area contributed by atoms with Crippen molar-refractivity contribution in [3.8, 4) is 17.4 Å². The molecule has 4 heterocycles. The molecule has 0 unspecified atom stereocenters. The van der Waals surface area contributed by atoms with E-state index in [1.54, 1.807) is 0 Å².